The van der Waals surface area contributed by atoms with E-state index in [0.29, 0.717) is 39.0 Å². The zero-order valence-electron chi connectivity index (χ0n) is 17.1. The van der Waals surface area contributed by atoms with Crippen molar-refractivity contribution in [2.75, 3.05) is 44.7 Å². The molecule has 1 amide bonds. The van der Waals surface area contributed by atoms with E-state index in [1.807, 2.05) is 11.9 Å². The van der Waals surface area contributed by atoms with E-state index in [4.69, 9.17) is 15.2 Å². The van der Waals surface area contributed by atoms with Crippen molar-refractivity contribution in [3.05, 3.63) is 0 Å². The highest BCUT2D eigenvalue weighted by molar-refractivity contribution is 8.00. The Balaban J connectivity index is 0.000000592. The van der Waals surface area contributed by atoms with E-state index in [2.05, 4.69) is 11.5 Å². The quantitative estimate of drug-likeness (QED) is 0.505. The number of alkyl halides is 3. The molecule has 0 aromatic heterocycles. The number of hydrazine groups is 1. The Morgan fingerprint density at radius 1 is 1.29 bits per heavy atom. The Kier molecular flexibility index (Phi) is 10.5. The van der Waals surface area contributed by atoms with Crippen molar-refractivity contribution in [3.63, 3.8) is 0 Å². The monoisotopic (exact) mass is 489 g/mol. The lowest BCUT2D eigenvalue weighted by Crippen LogP contribution is -2.55. The molecule has 1 atom stereocenters. The molecule has 2 rings (SSSR count). The van der Waals surface area contributed by atoms with Gasteiger partial charge in [-0.05, 0) is 12.8 Å². The van der Waals surface area contributed by atoms with Gasteiger partial charge in [0.05, 0.1) is 18.9 Å². The first-order valence-electron chi connectivity index (χ1n) is 9.37. The molecule has 2 aliphatic rings. The van der Waals surface area contributed by atoms with Crippen LogP contribution in [0.4, 0.5) is 13.2 Å². The molecule has 0 aromatic carbocycles. The Hall–Kier alpha value is -1.60. The predicted molar refractivity (Wildman–Crippen MR) is 107 cm³/mol. The molecule has 0 spiro atoms. The van der Waals surface area contributed by atoms with Crippen molar-refractivity contribution < 1.29 is 36.3 Å². The molecule has 2 saturated heterocycles. The van der Waals surface area contributed by atoms with Gasteiger partial charge in [0, 0.05) is 38.0 Å². The minimum absolute atomic E-state index is 0.0574. The molecule has 0 bridgehead atoms. The van der Waals surface area contributed by atoms with Gasteiger partial charge in [-0.1, -0.05) is 6.92 Å². The topological polar surface area (TPSA) is 134 Å². The van der Waals surface area contributed by atoms with Crippen LogP contribution in [0.5, 0.6) is 0 Å². The van der Waals surface area contributed by atoms with Crippen LogP contribution in [0.1, 0.15) is 19.8 Å². The van der Waals surface area contributed by atoms with Crippen LogP contribution < -0.4 is 5.43 Å². The molecule has 2 heterocycles. The maximum Gasteiger partial charge on any atom is 0.490 e. The van der Waals surface area contributed by atoms with E-state index < -0.39 is 27.5 Å². The third kappa shape index (κ3) is 8.81. The molecule has 2 aliphatic heterocycles. The van der Waals surface area contributed by atoms with Crippen LogP contribution >= 0.6 is 11.8 Å². The minimum Gasteiger partial charge on any atom is -0.475 e. The molecule has 2 fully saturated rings. The highest BCUT2D eigenvalue weighted by Gasteiger charge is 2.38. The summed E-state index contributed by atoms with van der Waals surface area (Å²) in [6.07, 6.45) is -2.49. The van der Waals surface area contributed by atoms with Crippen LogP contribution in [-0.4, -0.2) is 102 Å². The molecule has 10 nitrogen and oxygen atoms in total. The number of thioether (sulfide) groups is 1. The van der Waals surface area contributed by atoms with Crippen LogP contribution in [0.3, 0.4) is 0 Å². The van der Waals surface area contributed by atoms with Crippen molar-refractivity contribution in [2.24, 2.45) is 0 Å². The largest absolute Gasteiger partial charge is 0.490 e. The summed E-state index contributed by atoms with van der Waals surface area (Å²) in [5, 5.41) is 17.8. The third-order valence-electron chi connectivity index (χ3n) is 4.56. The van der Waals surface area contributed by atoms with E-state index in [1.54, 1.807) is 4.90 Å². The van der Waals surface area contributed by atoms with Gasteiger partial charge in [-0.25, -0.2) is 22.5 Å². The number of carbonyl (C=O) groups is 2. The van der Waals surface area contributed by atoms with Gasteiger partial charge in [-0.15, -0.1) is 11.8 Å². The average molecular weight is 490 g/mol. The molecule has 15 heteroatoms. The fraction of sp³-hybridized carbons (Fsp3) is 0.812. The first kappa shape index (κ1) is 27.4. The molecule has 2 N–H and O–H groups in total. The number of hydrogen-bond acceptors (Lipinski definition) is 8. The van der Waals surface area contributed by atoms with Gasteiger partial charge >= 0.3 is 12.1 Å². The minimum atomic E-state index is -5.08. The first-order chi connectivity index (χ1) is 14.3. The molecular weight excluding hydrogens is 463 g/mol. The van der Waals surface area contributed by atoms with Crippen molar-refractivity contribution in [1.82, 2.24) is 19.6 Å². The van der Waals surface area contributed by atoms with E-state index in [-0.39, 0.29) is 18.5 Å². The van der Waals surface area contributed by atoms with Crippen molar-refractivity contribution >= 4 is 33.7 Å². The fourth-order valence-corrected chi connectivity index (χ4v) is 4.95. The lowest BCUT2D eigenvalue weighted by molar-refractivity contribution is -0.192. The second kappa shape index (κ2) is 11.9. The van der Waals surface area contributed by atoms with Gasteiger partial charge < -0.3 is 10.0 Å². The van der Waals surface area contributed by atoms with Crippen LogP contribution in [0, 0.1) is 11.3 Å². The zero-order chi connectivity index (χ0) is 23.8. The number of carboxylic acid groups (broad SMARTS) is 1. The standard InChI is InChI=1S/C14H25N5O3S2.C2HF3O2/c1-3-16-19(11-13(20)18-8-9-23-14(18)10-15)12-4-6-17(7-5-12)24(2,21)22;3-2(4,5)1(6)7/h12,14,16H,3-9,11H2,1-2H3;(H,6,7). The number of nitrogens with zero attached hydrogens (tertiary/aromatic N) is 4. The highest BCUT2D eigenvalue weighted by Crippen LogP contribution is 2.24. The van der Waals surface area contributed by atoms with Crippen molar-refractivity contribution in [3.8, 4) is 6.07 Å². The second-order valence-electron chi connectivity index (χ2n) is 6.78. The summed E-state index contributed by atoms with van der Waals surface area (Å²) >= 11 is 1.49. The van der Waals surface area contributed by atoms with Crippen LogP contribution in [-0.2, 0) is 19.6 Å². The number of carboxylic acids is 1. The Morgan fingerprint density at radius 3 is 2.26 bits per heavy atom. The number of piperidine rings is 1. The second-order valence-corrected chi connectivity index (χ2v) is 9.95. The van der Waals surface area contributed by atoms with Crippen molar-refractivity contribution in [1.29, 1.82) is 5.26 Å². The predicted octanol–water partition coefficient (Wildman–Crippen LogP) is 0.295. The summed E-state index contributed by atoms with van der Waals surface area (Å²) in [7, 11) is -3.15. The summed E-state index contributed by atoms with van der Waals surface area (Å²) < 4.78 is 56.4. The summed E-state index contributed by atoms with van der Waals surface area (Å²) in [5.74, 6) is -2.02. The zero-order valence-corrected chi connectivity index (χ0v) is 18.8. The first-order valence-corrected chi connectivity index (χ1v) is 12.3. The Labute approximate surface area is 183 Å². The van der Waals surface area contributed by atoms with Gasteiger partial charge in [-0.3, -0.25) is 10.2 Å². The van der Waals surface area contributed by atoms with Crippen LogP contribution in [0.15, 0.2) is 0 Å². The molecule has 0 saturated carbocycles. The van der Waals surface area contributed by atoms with Gasteiger partial charge in [0.25, 0.3) is 0 Å². The summed E-state index contributed by atoms with van der Waals surface area (Å²) in [6, 6.07) is 2.27. The number of sulfonamides is 1. The SMILES string of the molecule is CCNN(CC(=O)N1CCSC1C#N)C1CCN(S(C)(=O)=O)CC1.O=C(O)C(F)(F)F. The molecule has 0 radical (unpaired) electrons. The highest BCUT2D eigenvalue weighted by atomic mass is 32.2. The summed E-state index contributed by atoms with van der Waals surface area (Å²) in [5.41, 5.74) is 3.22. The van der Waals surface area contributed by atoms with Crippen LogP contribution in [0.2, 0.25) is 0 Å². The van der Waals surface area contributed by atoms with E-state index in [9.17, 15) is 26.4 Å². The average Bonchev–Trinajstić information content (AvgIpc) is 3.16. The number of rotatable bonds is 6. The number of nitrogens with one attached hydrogen (secondary N) is 1. The van der Waals surface area contributed by atoms with Gasteiger partial charge in [0.2, 0.25) is 15.9 Å². The Bertz CT molecular complexity index is 767. The van der Waals surface area contributed by atoms with E-state index >= 15 is 0 Å². The third-order valence-corrected chi connectivity index (χ3v) is 6.96. The molecule has 178 valence electrons. The molecule has 1 unspecified atom stereocenters. The lowest BCUT2D eigenvalue weighted by Gasteiger charge is -2.38. The maximum atomic E-state index is 12.5. The number of carbonyl (C=O) groups excluding carboxylic acids is 1. The van der Waals surface area contributed by atoms with E-state index in [0.717, 1.165) is 5.75 Å². The molecular formula is C16H26F3N5O5S2. The smallest absolute Gasteiger partial charge is 0.475 e. The summed E-state index contributed by atoms with van der Waals surface area (Å²) in [4.78, 5) is 23.1. The molecule has 0 aliphatic carbocycles. The van der Waals surface area contributed by atoms with E-state index in [1.165, 1.54) is 22.3 Å². The number of amides is 1. The number of hydrogen-bond donors (Lipinski definition) is 2. The van der Waals surface area contributed by atoms with Gasteiger partial charge in [0.15, 0.2) is 5.37 Å². The normalized spacial score (nSPS) is 20.8. The molecule has 31 heavy (non-hydrogen) atoms. The summed E-state index contributed by atoms with van der Waals surface area (Å²) in [6.45, 7) is 4.41. The number of nitriles is 1. The fourth-order valence-electron chi connectivity index (χ4n) is 3.07. The number of halogens is 3. The van der Waals surface area contributed by atoms with Crippen LogP contribution in [0.25, 0.3) is 0 Å². The molecule has 0 aromatic rings. The lowest BCUT2D eigenvalue weighted by atomic mass is 10.1. The number of aliphatic carboxylic acids is 1. The van der Waals surface area contributed by atoms with Gasteiger partial charge in [-0.2, -0.15) is 18.4 Å². The van der Waals surface area contributed by atoms with Crippen molar-refractivity contribution in [2.45, 2.75) is 37.4 Å². The maximum absolute atomic E-state index is 12.5. The van der Waals surface area contributed by atoms with Gasteiger partial charge in [0.1, 0.15) is 0 Å². The Morgan fingerprint density at radius 2 is 1.84 bits per heavy atom.